The number of para-hydroxylation sites is 1. The van der Waals surface area contributed by atoms with Crippen LogP contribution in [0.15, 0.2) is 42.5 Å². The summed E-state index contributed by atoms with van der Waals surface area (Å²) < 4.78 is 0. The van der Waals surface area contributed by atoms with E-state index < -0.39 is 34.4 Å². The van der Waals surface area contributed by atoms with Crippen LogP contribution in [0.4, 0.5) is 11.4 Å². The SMILES string of the molecule is CC(C)[C@@H](NC(=O)c1ccc(Cl)c([N+](=O)[O-])c1)C(=O)NNC(=O)CN1CCCc2ccccc21. The molecule has 0 saturated heterocycles. The number of nitrogens with zero attached hydrogens (tertiary/aromatic N) is 2. The van der Waals surface area contributed by atoms with Crippen molar-refractivity contribution in [2.45, 2.75) is 32.7 Å². The van der Waals surface area contributed by atoms with E-state index in [-0.39, 0.29) is 23.0 Å². The Balaban J connectivity index is 1.59. The van der Waals surface area contributed by atoms with Gasteiger partial charge in [0.2, 0.25) is 0 Å². The highest BCUT2D eigenvalue weighted by molar-refractivity contribution is 6.32. The van der Waals surface area contributed by atoms with Crippen molar-refractivity contribution in [3.8, 4) is 0 Å². The summed E-state index contributed by atoms with van der Waals surface area (Å²) in [5.74, 6) is -2.01. The van der Waals surface area contributed by atoms with Crippen LogP contribution in [0.25, 0.3) is 0 Å². The van der Waals surface area contributed by atoms with Crippen molar-refractivity contribution in [1.29, 1.82) is 0 Å². The number of amides is 3. The first-order valence-electron chi connectivity index (χ1n) is 10.8. The molecule has 0 unspecified atom stereocenters. The van der Waals surface area contributed by atoms with Crippen LogP contribution in [0.2, 0.25) is 5.02 Å². The number of rotatable bonds is 7. The number of carbonyl (C=O) groups is 3. The number of carbonyl (C=O) groups excluding carboxylic acids is 3. The summed E-state index contributed by atoms with van der Waals surface area (Å²) in [5, 5.41) is 13.5. The Hall–Kier alpha value is -3.66. The summed E-state index contributed by atoms with van der Waals surface area (Å²) in [6, 6.07) is 10.5. The van der Waals surface area contributed by atoms with Gasteiger partial charge in [0, 0.05) is 23.9 Å². The van der Waals surface area contributed by atoms with Gasteiger partial charge < -0.3 is 10.2 Å². The number of halogens is 1. The number of aryl methyl sites for hydroxylation is 1. The van der Waals surface area contributed by atoms with Gasteiger partial charge in [0.1, 0.15) is 11.1 Å². The van der Waals surface area contributed by atoms with Gasteiger partial charge in [-0.05, 0) is 42.5 Å². The average molecular weight is 488 g/mol. The lowest BCUT2D eigenvalue weighted by Crippen LogP contribution is -2.55. The first-order valence-corrected chi connectivity index (χ1v) is 11.2. The van der Waals surface area contributed by atoms with Gasteiger partial charge in [-0.25, -0.2) is 0 Å². The highest BCUT2D eigenvalue weighted by Gasteiger charge is 2.27. The fourth-order valence-electron chi connectivity index (χ4n) is 3.75. The van der Waals surface area contributed by atoms with Crippen LogP contribution >= 0.6 is 11.6 Å². The van der Waals surface area contributed by atoms with E-state index >= 15 is 0 Å². The van der Waals surface area contributed by atoms with E-state index in [9.17, 15) is 24.5 Å². The number of anilines is 1. The molecule has 1 aliphatic rings. The van der Waals surface area contributed by atoms with Gasteiger partial charge in [0.25, 0.3) is 23.4 Å². The van der Waals surface area contributed by atoms with E-state index in [1.165, 1.54) is 17.7 Å². The van der Waals surface area contributed by atoms with Crippen molar-refractivity contribution in [3.05, 3.63) is 68.7 Å². The maximum atomic E-state index is 12.7. The standard InChI is InChI=1S/C23H26ClN5O5/c1-14(2)21(25-22(31)16-9-10-17(24)19(12-16)29(33)34)23(32)27-26-20(30)13-28-11-5-7-15-6-3-4-8-18(15)28/h3-4,6,8-10,12,14,21H,5,7,11,13H2,1-2H3,(H,25,31)(H,26,30)(H,27,32)/t21-/m1/s1. The maximum Gasteiger partial charge on any atom is 0.288 e. The van der Waals surface area contributed by atoms with Crippen molar-refractivity contribution >= 4 is 40.7 Å². The quantitative estimate of drug-likeness (QED) is 0.406. The smallest absolute Gasteiger partial charge is 0.288 e. The molecule has 3 rings (SSSR count). The molecule has 11 heteroatoms. The van der Waals surface area contributed by atoms with Crippen LogP contribution in [0.5, 0.6) is 0 Å². The molecule has 3 amide bonds. The van der Waals surface area contributed by atoms with Crippen molar-refractivity contribution < 1.29 is 19.3 Å². The number of hydrazine groups is 1. The molecule has 10 nitrogen and oxygen atoms in total. The van der Waals surface area contributed by atoms with Crippen LogP contribution in [-0.4, -0.2) is 41.8 Å². The number of hydrogen-bond acceptors (Lipinski definition) is 6. The molecular weight excluding hydrogens is 462 g/mol. The Kier molecular flexibility index (Phi) is 8.06. The summed E-state index contributed by atoms with van der Waals surface area (Å²) in [6.45, 7) is 4.25. The Morgan fingerprint density at radius 3 is 2.59 bits per heavy atom. The van der Waals surface area contributed by atoms with E-state index in [0.717, 1.165) is 31.1 Å². The van der Waals surface area contributed by atoms with Gasteiger partial charge in [-0.1, -0.05) is 43.6 Å². The first-order chi connectivity index (χ1) is 16.2. The highest BCUT2D eigenvalue weighted by atomic mass is 35.5. The average Bonchev–Trinajstić information content (AvgIpc) is 2.81. The lowest BCUT2D eigenvalue weighted by Gasteiger charge is -2.30. The topological polar surface area (TPSA) is 134 Å². The predicted octanol–water partition coefficient (Wildman–Crippen LogP) is 2.60. The molecule has 0 saturated carbocycles. The highest BCUT2D eigenvalue weighted by Crippen LogP contribution is 2.26. The van der Waals surface area contributed by atoms with E-state index in [1.807, 2.05) is 29.2 Å². The fourth-order valence-corrected chi connectivity index (χ4v) is 3.94. The molecular formula is C23H26ClN5O5. The van der Waals surface area contributed by atoms with Crippen molar-refractivity contribution in [3.63, 3.8) is 0 Å². The Morgan fingerprint density at radius 1 is 1.15 bits per heavy atom. The third kappa shape index (κ3) is 6.02. The van der Waals surface area contributed by atoms with Crippen LogP contribution in [0, 0.1) is 16.0 Å². The summed E-state index contributed by atoms with van der Waals surface area (Å²) >= 11 is 5.79. The van der Waals surface area contributed by atoms with Crippen molar-refractivity contribution in [2.24, 2.45) is 5.92 Å². The number of benzene rings is 2. The second-order valence-corrected chi connectivity index (χ2v) is 8.72. The second kappa shape index (κ2) is 11.0. The molecule has 34 heavy (non-hydrogen) atoms. The number of nitrogens with one attached hydrogen (secondary N) is 3. The van der Waals surface area contributed by atoms with Crippen LogP contribution in [0.1, 0.15) is 36.2 Å². The largest absolute Gasteiger partial charge is 0.362 e. The van der Waals surface area contributed by atoms with E-state index in [4.69, 9.17) is 11.6 Å². The zero-order valence-electron chi connectivity index (χ0n) is 18.8. The van der Waals surface area contributed by atoms with E-state index in [0.29, 0.717) is 0 Å². The molecule has 0 fully saturated rings. The minimum atomic E-state index is -0.988. The third-order valence-corrected chi connectivity index (χ3v) is 5.83. The van der Waals surface area contributed by atoms with Gasteiger partial charge in [-0.15, -0.1) is 0 Å². The minimum Gasteiger partial charge on any atom is -0.362 e. The molecule has 180 valence electrons. The molecule has 1 aliphatic heterocycles. The summed E-state index contributed by atoms with van der Waals surface area (Å²) in [4.78, 5) is 50.1. The Bertz CT molecular complexity index is 1110. The normalized spacial score (nSPS) is 13.6. The molecule has 2 aromatic carbocycles. The molecule has 0 spiro atoms. The number of hydrogen-bond donors (Lipinski definition) is 3. The second-order valence-electron chi connectivity index (χ2n) is 8.31. The van der Waals surface area contributed by atoms with Crippen molar-refractivity contribution in [1.82, 2.24) is 16.2 Å². The number of nitro benzene ring substituents is 1. The predicted molar refractivity (Wildman–Crippen MR) is 127 cm³/mol. The summed E-state index contributed by atoms with van der Waals surface area (Å²) in [5.41, 5.74) is 6.52. The molecule has 1 heterocycles. The molecule has 0 aliphatic carbocycles. The Morgan fingerprint density at radius 2 is 1.88 bits per heavy atom. The van der Waals surface area contributed by atoms with E-state index in [2.05, 4.69) is 16.2 Å². The molecule has 3 N–H and O–H groups in total. The third-order valence-electron chi connectivity index (χ3n) is 5.51. The molecule has 0 bridgehead atoms. The van der Waals surface area contributed by atoms with E-state index in [1.54, 1.807) is 13.8 Å². The van der Waals surface area contributed by atoms with Crippen molar-refractivity contribution in [2.75, 3.05) is 18.0 Å². The van der Waals surface area contributed by atoms with Gasteiger partial charge >= 0.3 is 0 Å². The molecule has 0 radical (unpaired) electrons. The lowest BCUT2D eigenvalue weighted by atomic mass is 10.0. The molecule has 0 aromatic heterocycles. The minimum absolute atomic E-state index is 0.0117. The Labute approximate surface area is 201 Å². The number of fused-ring (bicyclic) bond motifs is 1. The van der Waals surface area contributed by atoms with Gasteiger partial charge in [-0.3, -0.25) is 35.3 Å². The fraction of sp³-hybridized carbons (Fsp3) is 0.348. The van der Waals surface area contributed by atoms with Gasteiger partial charge in [-0.2, -0.15) is 0 Å². The number of nitro groups is 1. The zero-order chi connectivity index (χ0) is 24.8. The maximum absolute atomic E-state index is 12.7. The zero-order valence-corrected chi connectivity index (χ0v) is 19.6. The lowest BCUT2D eigenvalue weighted by molar-refractivity contribution is -0.384. The summed E-state index contributed by atoms with van der Waals surface area (Å²) in [6.07, 6.45) is 1.89. The monoisotopic (exact) mass is 487 g/mol. The van der Waals surface area contributed by atoms with Gasteiger partial charge in [0.15, 0.2) is 0 Å². The van der Waals surface area contributed by atoms with Gasteiger partial charge in [0.05, 0.1) is 11.5 Å². The molecule has 2 aromatic rings. The summed E-state index contributed by atoms with van der Waals surface area (Å²) in [7, 11) is 0. The van der Waals surface area contributed by atoms with Crippen LogP contribution in [0.3, 0.4) is 0 Å². The first kappa shape index (κ1) is 25.0. The molecule has 1 atom stereocenters. The van der Waals surface area contributed by atoms with Crippen LogP contribution < -0.4 is 21.1 Å². The van der Waals surface area contributed by atoms with Crippen LogP contribution in [-0.2, 0) is 16.0 Å².